The van der Waals surface area contributed by atoms with Gasteiger partial charge in [-0.05, 0) is 36.8 Å². The average molecular weight is 450 g/mol. The SMILES string of the molecule is Cc1nc2c(OCc3c(F)cccc3F)cccn2c1C(=O)C[C@](C)(CO)c1ccccc1. The molecule has 1 atom stereocenters. The van der Waals surface area contributed by atoms with E-state index in [0.29, 0.717) is 22.8 Å². The van der Waals surface area contributed by atoms with E-state index in [4.69, 9.17) is 4.74 Å². The predicted octanol–water partition coefficient (Wildman–Crippen LogP) is 5.02. The molecule has 0 bridgehead atoms. The standard InChI is InChI=1S/C26H24F2N2O3/c1-17-24(22(32)14-26(2,16-31)18-8-4-3-5-9-18)30-13-7-12-23(25(30)29-17)33-15-19-20(27)10-6-11-21(19)28/h3-13,31H,14-16H2,1-2H3/t26-/m1/s1. The highest BCUT2D eigenvalue weighted by atomic mass is 19.1. The molecule has 4 rings (SSSR count). The van der Waals surface area contributed by atoms with Gasteiger partial charge in [0.2, 0.25) is 0 Å². The molecule has 0 saturated heterocycles. The maximum Gasteiger partial charge on any atom is 0.182 e. The second kappa shape index (κ2) is 9.11. The van der Waals surface area contributed by atoms with Crippen LogP contribution in [0.5, 0.6) is 5.75 Å². The highest BCUT2D eigenvalue weighted by Crippen LogP contribution is 2.31. The molecule has 0 unspecified atom stereocenters. The molecule has 1 N–H and O–H groups in total. The van der Waals surface area contributed by atoms with Crippen molar-refractivity contribution >= 4 is 11.4 Å². The van der Waals surface area contributed by atoms with Gasteiger partial charge in [-0.25, -0.2) is 13.8 Å². The molecule has 33 heavy (non-hydrogen) atoms. The van der Waals surface area contributed by atoms with Crippen LogP contribution < -0.4 is 4.74 Å². The second-order valence-corrected chi connectivity index (χ2v) is 8.29. The first-order valence-electron chi connectivity index (χ1n) is 10.6. The number of benzene rings is 2. The fourth-order valence-electron chi connectivity index (χ4n) is 3.95. The number of aliphatic hydroxyl groups is 1. The van der Waals surface area contributed by atoms with Crippen LogP contribution in [-0.4, -0.2) is 26.9 Å². The molecule has 5 nitrogen and oxygen atoms in total. The van der Waals surface area contributed by atoms with Crippen molar-refractivity contribution < 1.29 is 23.4 Å². The van der Waals surface area contributed by atoms with E-state index in [0.717, 1.165) is 5.56 Å². The van der Waals surface area contributed by atoms with E-state index in [9.17, 15) is 18.7 Å². The van der Waals surface area contributed by atoms with Crippen LogP contribution in [0.2, 0.25) is 0 Å². The van der Waals surface area contributed by atoms with Crippen molar-refractivity contribution in [2.24, 2.45) is 0 Å². The summed E-state index contributed by atoms with van der Waals surface area (Å²) in [6.07, 6.45) is 1.77. The molecule has 2 heterocycles. The van der Waals surface area contributed by atoms with E-state index in [1.54, 1.807) is 29.7 Å². The Labute approximate surface area is 190 Å². The number of imidazole rings is 1. The zero-order valence-corrected chi connectivity index (χ0v) is 18.4. The number of rotatable bonds is 8. The van der Waals surface area contributed by atoms with Crippen molar-refractivity contribution in [2.45, 2.75) is 32.3 Å². The number of fused-ring (bicyclic) bond motifs is 1. The normalized spacial score (nSPS) is 13.1. The largest absolute Gasteiger partial charge is 0.485 e. The Balaban J connectivity index is 1.64. The lowest BCUT2D eigenvalue weighted by Crippen LogP contribution is -2.30. The van der Waals surface area contributed by atoms with Crippen molar-refractivity contribution in [1.82, 2.24) is 9.38 Å². The van der Waals surface area contributed by atoms with Crippen LogP contribution in [0.15, 0.2) is 66.9 Å². The molecule has 0 spiro atoms. The molecule has 0 amide bonds. The van der Waals surface area contributed by atoms with Gasteiger partial charge in [0.15, 0.2) is 17.2 Å². The lowest BCUT2D eigenvalue weighted by atomic mass is 9.78. The molecule has 2 aromatic carbocycles. The van der Waals surface area contributed by atoms with Crippen molar-refractivity contribution in [1.29, 1.82) is 0 Å². The Morgan fingerprint density at radius 2 is 1.76 bits per heavy atom. The summed E-state index contributed by atoms with van der Waals surface area (Å²) < 4.78 is 35.2. The van der Waals surface area contributed by atoms with Crippen LogP contribution in [0, 0.1) is 18.6 Å². The summed E-state index contributed by atoms with van der Waals surface area (Å²) in [6.45, 7) is 3.06. The number of Topliss-reactive ketones (excluding diaryl/α,β-unsaturated/α-hetero) is 1. The number of halogens is 2. The number of carbonyl (C=O) groups excluding carboxylic acids is 1. The summed E-state index contributed by atoms with van der Waals surface area (Å²) in [5.41, 5.74) is 1.18. The van der Waals surface area contributed by atoms with Gasteiger partial charge in [-0.3, -0.25) is 9.20 Å². The van der Waals surface area contributed by atoms with Gasteiger partial charge < -0.3 is 9.84 Å². The van der Waals surface area contributed by atoms with Crippen LogP contribution in [-0.2, 0) is 12.0 Å². The Morgan fingerprint density at radius 1 is 1.06 bits per heavy atom. The minimum atomic E-state index is -0.759. The Morgan fingerprint density at radius 3 is 2.42 bits per heavy atom. The predicted molar refractivity (Wildman–Crippen MR) is 120 cm³/mol. The quantitative estimate of drug-likeness (QED) is 0.383. The molecule has 0 aliphatic rings. The van der Waals surface area contributed by atoms with E-state index in [1.807, 2.05) is 37.3 Å². The molecule has 0 fully saturated rings. The summed E-state index contributed by atoms with van der Waals surface area (Å²) in [6, 6.07) is 16.3. The molecule has 4 aromatic rings. The van der Waals surface area contributed by atoms with E-state index >= 15 is 0 Å². The number of aromatic nitrogens is 2. The monoisotopic (exact) mass is 450 g/mol. The van der Waals surface area contributed by atoms with Crippen molar-refractivity contribution in [2.75, 3.05) is 6.61 Å². The Kier molecular flexibility index (Phi) is 6.24. The van der Waals surface area contributed by atoms with E-state index in [1.165, 1.54) is 18.2 Å². The van der Waals surface area contributed by atoms with Crippen molar-refractivity contribution in [3.63, 3.8) is 0 Å². The van der Waals surface area contributed by atoms with Gasteiger partial charge in [0, 0.05) is 18.0 Å². The van der Waals surface area contributed by atoms with Gasteiger partial charge in [0.05, 0.1) is 17.9 Å². The second-order valence-electron chi connectivity index (χ2n) is 8.29. The number of ketones is 1. The first kappa shape index (κ1) is 22.6. The van der Waals surface area contributed by atoms with Crippen molar-refractivity contribution in [3.8, 4) is 5.75 Å². The van der Waals surface area contributed by atoms with E-state index in [-0.39, 0.29) is 31.0 Å². The smallest absolute Gasteiger partial charge is 0.182 e. The van der Waals surface area contributed by atoms with Crippen LogP contribution in [0.4, 0.5) is 8.78 Å². The zero-order valence-electron chi connectivity index (χ0n) is 18.4. The third-order valence-electron chi connectivity index (χ3n) is 5.86. The summed E-state index contributed by atoms with van der Waals surface area (Å²) in [7, 11) is 0. The molecule has 0 saturated carbocycles. The molecule has 0 aliphatic heterocycles. The molecule has 0 aliphatic carbocycles. The van der Waals surface area contributed by atoms with Crippen LogP contribution in [0.3, 0.4) is 0 Å². The minimum Gasteiger partial charge on any atom is -0.485 e. The summed E-state index contributed by atoms with van der Waals surface area (Å²) in [4.78, 5) is 17.8. The number of ether oxygens (including phenoxy) is 1. The number of hydrogen-bond donors (Lipinski definition) is 1. The number of aryl methyl sites for hydroxylation is 1. The highest BCUT2D eigenvalue weighted by molar-refractivity contribution is 5.97. The first-order chi connectivity index (χ1) is 15.8. The number of nitrogens with zero attached hydrogens (tertiary/aromatic N) is 2. The Hall–Kier alpha value is -3.58. The van der Waals surface area contributed by atoms with Gasteiger partial charge >= 0.3 is 0 Å². The third-order valence-corrected chi connectivity index (χ3v) is 5.86. The van der Waals surface area contributed by atoms with Gasteiger partial charge in [-0.2, -0.15) is 0 Å². The van der Waals surface area contributed by atoms with E-state index in [2.05, 4.69) is 4.98 Å². The highest BCUT2D eigenvalue weighted by Gasteiger charge is 2.31. The van der Waals surface area contributed by atoms with Crippen LogP contribution in [0.25, 0.3) is 5.65 Å². The maximum absolute atomic E-state index is 14.0. The molecular formula is C26H24F2N2O3. The average Bonchev–Trinajstić information content (AvgIpc) is 3.16. The van der Waals surface area contributed by atoms with Crippen LogP contribution >= 0.6 is 0 Å². The van der Waals surface area contributed by atoms with E-state index < -0.39 is 17.0 Å². The summed E-state index contributed by atoms with van der Waals surface area (Å²) >= 11 is 0. The molecule has 170 valence electrons. The molecule has 2 aromatic heterocycles. The molecule has 0 radical (unpaired) electrons. The van der Waals surface area contributed by atoms with Gasteiger partial charge in [-0.1, -0.05) is 43.3 Å². The van der Waals surface area contributed by atoms with Crippen LogP contribution in [0.1, 0.15) is 40.7 Å². The topological polar surface area (TPSA) is 63.8 Å². The van der Waals surface area contributed by atoms with Gasteiger partial charge in [0.25, 0.3) is 0 Å². The fraction of sp³-hybridized carbons (Fsp3) is 0.231. The van der Waals surface area contributed by atoms with Crippen molar-refractivity contribution in [3.05, 3.63) is 101 Å². The lowest BCUT2D eigenvalue weighted by Gasteiger charge is -2.27. The number of carbonyl (C=O) groups is 1. The lowest BCUT2D eigenvalue weighted by molar-refractivity contribution is 0.0912. The minimum absolute atomic E-state index is 0.0771. The third kappa shape index (κ3) is 4.36. The number of aliphatic hydroxyl groups excluding tert-OH is 1. The fourth-order valence-corrected chi connectivity index (χ4v) is 3.95. The van der Waals surface area contributed by atoms with Gasteiger partial charge in [0.1, 0.15) is 23.9 Å². The van der Waals surface area contributed by atoms with Gasteiger partial charge in [-0.15, -0.1) is 0 Å². The molecule has 7 heteroatoms. The summed E-state index contributed by atoms with van der Waals surface area (Å²) in [5.74, 6) is -1.27. The number of hydrogen-bond acceptors (Lipinski definition) is 4. The summed E-state index contributed by atoms with van der Waals surface area (Å²) in [5, 5.41) is 10.1. The first-order valence-corrected chi connectivity index (χ1v) is 10.6. The molecular weight excluding hydrogens is 426 g/mol. The maximum atomic E-state index is 14.0. The zero-order chi connectivity index (χ0) is 23.6. The Bertz CT molecular complexity index is 1280. The number of pyridine rings is 1.